The summed E-state index contributed by atoms with van der Waals surface area (Å²) in [5.41, 5.74) is 0. The van der Waals surface area contributed by atoms with Crippen LogP contribution in [0, 0.1) is 29.6 Å². The zero-order valence-electron chi connectivity index (χ0n) is 13.2. The maximum Gasteiger partial charge on any atom is 0.230 e. The molecule has 0 spiro atoms. The van der Waals surface area contributed by atoms with E-state index in [1.807, 2.05) is 18.7 Å². The lowest BCUT2D eigenvalue weighted by Gasteiger charge is -2.30. The van der Waals surface area contributed by atoms with E-state index in [0.717, 1.165) is 32.4 Å². The van der Waals surface area contributed by atoms with Crippen molar-refractivity contribution in [1.82, 2.24) is 4.90 Å². The van der Waals surface area contributed by atoms with Gasteiger partial charge in [0.1, 0.15) is 5.78 Å². The highest BCUT2D eigenvalue weighted by atomic mass is 16.2. The van der Waals surface area contributed by atoms with Gasteiger partial charge in [0.05, 0.1) is 6.42 Å². The van der Waals surface area contributed by atoms with Crippen LogP contribution in [-0.2, 0) is 9.59 Å². The molecule has 112 valence electrons. The number of carbonyl (C=O) groups is 2. The van der Waals surface area contributed by atoms with Crippen LogP contribution in [0.1, 0.15) is 53.4 Å². The van der Waals surface area contributed by atoms with E-state index in [1.54, 1.807) is 0 Å². The lowest BCUT2D eigenvalue weighted by atomic mass is 9.95. The first kappa shape index (κ1) is 16.8. The molecule has 1 rings (SSSR count). The summed E-state index contributed by atoms with van der Waals surface area (Å²) in [5, 5.41) is 0. The van der Waals surface area contributed by atoms with Crippen molar-refractivity contribution in [2.24, 2.45) is 17.8 Å². The Labute approximate surface area is 123 Å². The summed E-state index contributed by atoms with van der Waals surface area (Å²) in [7, 11) is 0. The number of hydrogen-bond acceptors (Lipinski definition) is 2. The van der Waals surface area contributed by atoms with E-state index in [1.165, 1.54) is 0 Å². The first-order valence-corrected chi connectivity index (χ1v) is 7.75. The topological polar surface area (TPSA) is 37.4 Å². The molecule has 1 aliphatic rings. The average Bonchev–Trinajstić information content (AvgIpc) is 2.44. The molecule has 0 N–H and O–H groups in total. The lowest BCUT2D eigenvalue weighted by molar-refractivity contribution is -0.137. The summed E-state index contributed by atoms with van der Waals surface area (Å²) >= 11 is 0. The quantitative estimate of drug-likeness (QED) is 0.585. The predicted molar refractivity (Wildman–Crippen MR) is 81.0 cm³/mol. The van der Waals surface area contributed by atoms with Crippen LogP contribution < -0.4 is 0 Å². The van der Waals surface area contributed by atoms with Gasteiger partial charge in [-0.3, -0.25) is 9.59 Å². The molecular weight excluding hydrogens is 250 g/mol. The van der Waals surface area contributed by atoms with Crippen molar-refractivity contribution >= 4 is 11.7 Å². The summed E-state index contributed by atoms with van der Waals surface area (Å²) in [6, 6.07) is 0. The van der Waals surface area contributed by atoms with Crippen LogP contribution >= 0.6 is 0 Å². The minimum atomic E-state index is -0.0575. The normalized spacial score (nSPS) is 17.6. The third kappa shape index (κ3) is 5.36. The van der Waals surface area contributed by atoms with Crippen molar-refractivity contribution in [3.63, 3.8) is 0 Å². The van der Waals surface area contributed by atoms with E-state index in [9.17, 15) is 9.59 Å². The fraction of sp³-hybridized carbons (Fsp3) is 0.765. The fourth-order valence-corrected chi connectivity index (χ4v) is 2.10. The van der Waals surface area contributed by atoms with Crippen LogP contribution in [0.2, 0.25) is 0 Å². The van der Waals surface area contributed by atoms with Gasteiger partial charge in [-0.15, -0.1) is 0 Å². The number of carbonyl (C=O) groups excluding carboxylic acids is 2. The van der Waals surface area contributed by atoms with Gasteiger partial charge in [0.25, 0.3) is 0 Å². The van der Waals surface area contributed by atoms with Gasteiger partial charge in [0.2, 0.25) is 5.91 Å². The molecule has 1 aliphatic heterocycles. The molecule has 0 aromatic heterocycles. The molecule has 1 unspecified atom stereocenters. The monoisotopic (exact) mass is 277 g/mol. The van der Waals surface area contributed by atoms with Crippen LogP contribution in [0.15, 0.2) is 0 Å². The summed E-state index contributed by atoms with van der Waals surface area (Å²) in [4.78, 5) is 25.4. The molecule has 1 heterocycles. The smallest absolute Gasteiger partial charge is 0.230 e. The van der Waals surface area contributed by atoms with E-state index in [-0.39, 0.29) is 24.0 Å². The predicted octanol–water partition coefficient (Wildman–Crippen LogP) is 2.89. The van der Waals surface area contributed by atoms with E-state index in [0.29, 0.717) is 11.8 Å². The van der Waals surface area contributed by atoms with Crippen molar-refractivity contribution in [3.05, 3.63) is 0 Å². The zero-order chi connectivity index (χ0) is 15.1. The number of likely N-dealkylation sites (tertiary alicyclic amines) is 1. The second-order valence-corrected chi connectivity index (χ2v) is 6.05. The molecule has 1 atom stereocenters. The van der Waals surface area contributed by atoms with Crippen molar-refractivity contribution in [3.8, 4) is 11.8 Å². The second-order valence-electron chi connectivity index (χ2n) is 6.05. The average molecular weight is 277 g/mol. The highest BCUT2D eigenvalue weighted by molar-refractivity contribution is 5.98. The molecule has 0 saturated carbocycles. The van der Waals surface area contributed by atoms with Gasteiger partial charge >= 0.3 is 0 Å². The largest absolute Gasteiger partial charge is 0.342 e. The molecular formula is C17H27NO2. The van der Waals surface area contributed by atoms with Gasteiger partial charge < -0.3 is 4.90 Å². The summed E-state index contributed by atoms with van der Waals surface area (Å²) in [6.07, 6.45) is 3.01. The van der Waals surface area contributed by atoms with Crippen molar-refractivity contribution in [1.29, 1.82) is 0 Å². The standard InChI is InChI=1S/C17H27NO2/c1-5-14(4)6-7-15-8-10-18(11-9-15)17(20)12-16(19)13(2)3/h13-15H,5,8-12H2,1-4H3. The molecule has 1 saturated heterocycles. The Balaban J connectivity index is 2.39. The van der Waals surface area contributed by atoms with E-state index >= 15 is 0 Å². The minimum absolute atomic E-state index is 0.0166. The Morgan fingerprint density at radius 2 is 1.80 bits per heavy atom. The lowest BCUT2D eigenvalue weighted by Crippen LogP contribution is -2.39. The van der Waals surface area contributed by atoms with Crippen molar-refractivity contribution in [2.75, 3.05) is 13.1 Å². The molecule has 0 bridgehead atoms. The van der Waals surface area contributed by atoms with Crippen molar-refractivity contribution in [2.45, 2.75) is 53.4 Å². The van der Waals surface area contributed by atoms with Crippen molar-refractivity contribution < 1.29 is 9.59 Å². The molecule has 3 nitrogen and oxygen atoms in total. The van der Waals surface area contributed by atoms with Gasteiger partial charge in [-0.25, -0.2) is 0 Å². The Hall–Kier alpha value is -1.30. The number of ketones is 1. The first-order chi connectivity index (χ1) is 9.43. The second kappa shape index (κ2) is 8.09. The molecule has 1 fully saturated rings. The maximum atomic E-state index is 12.0. The molecule has 0 radical (unpaired) electrons. The summed E-state index contributed by atoms with van der Waals surface area (Å²) in [6.45, 7) is 9.45. The Morgan fingerprint density at radius 3 is 2.30 bits per heavy atom. The minimum Gasteiger partial charge on any atom is -0.342 e. The van der Waals surface area contributed by atoms with Crippen LogP contribution in [0.4, 0.5) is 0 Å². The van der Waals surface area contributed by atoms with Gasteiger partial charge in [0.15, 0.2) is 0 Å². The molecule has 0 aromatic rings. The molecule has 0 aliphatic carbocycles. The van der Waals surface area contributed by atoms with Gasteiger partial charge in [0, 0.05) is 30.8 Å². The number of hydrogen-bond donors (Lipinski definition) is 0. The number of piperidine rings is 1. The van der Waals surface area contributed by atoms with Gasteiger partial charge in [-0.2, -0.15) is 0 Å². The molecule has 3 heteroatoms. The van der Waals surface area contributed by atoms with Crippen LogP contribution in [0.3, 0.4) is 0 Å². The Bertz CT molecular complexity index is 395. The third-order valence-corrected chi connectivity index (χ3v) is 3.96. The summed E-state index contributed by atoms with van der Waals surface area (Å²) in [5.74, 6) is 7.45. The third-order valence-electron chi connectivity index (χ3n) is 3.96. The summed E-state index contributed by atoms with van der Waals surface area (Å²) < 4.78 is 0. The molecule has 1 amide bonds. The number of rotatable bonds is 4. The zero-order valence-corrected chi connectivity index (χ0v) is 13.2. The van der Waals surface area contributed by atoms with E-state index in [4.69, 9.17) is 0 Å². The number of Topliss-reactive ketones (excluding diaryl/α,β-unsaturated/α-hetero) is 1. The molecule has 0 aromatic carbocycles. The van der Waals surface area contributed by atoms with Crippen LogP contribution in [0.25, 0.3) is 0 Å². The highest BCUT2D eigenvalue weighted by Gasteiger charge is 2.23. The van der Waals surface area contributed by atoms with E-state index < -0.39 is 0 Å². The highest BCUT2D eigenvalue weighted by Crippen LogP contribution is 2.18. The number of nitrogens with zero attached hydrogens (tertiary/aromatic N) is 1. The Kier molecular flexibility index (Phi) is 6.78. The van der Waals surface area contributed by atoms with Crippen LogP contribution in [0.5, 0.6) is 0 Å². The maximum absolute atomic E-state index is 12.0. The van der Waals surface area contributed by atoms with E-state index in [2.05, 4.69) is 25.7 Å². The van der Waals surface area contributed by atoms with Gasteiger partial charge in [-0.1, -0.05) is 39.5 Å². The van der Waals surface area contributed by atoms with Crippen LogP contribution in [-0.4, -0.2) is 29.7 Å². The number of amides is 1. The molecule has 20 heavy (non-hydrogen) atoms. The SMILES string of the molecule is CCC(C)C#CC1CCN(C(=O)CC(=O)C(C)C)CC1. The van der Waals surface area contributed by atoms with Gasteiger partial charge in [-0.05, 0) is 19.3 Å². The first-order valence-electron chi connectivity index (χ1n) is 7.75. The fourth-order valence-electron chi connectivity index (χ4n) is 2.10. The Morgan fingerprint density at radius 1 is 1.20 bits per heavy atom.